The smallest absolute Gasteiger partial charge is 0.249 e. The maximum Gasteiger partial charge on any atom is 0.249 e. The number of carbonyl (C=O) groups is 2. The zero-order valence-electron chi connectivity index (χ0n) is 6.70. The third-order valence-corrected chi connectivity index (χ3v) is 2.98. The van der Waals surface area contributed by atoms with Gasteiger partial charge in [0, 0.05) is 16.7 Å². The van der Waals surface area contributed by atoms with Crippen LogP contribution >= 0.6 is 27.3 Å². The molecule has 1 rings (SSSR count). The highest BCUT2D eigenvalue weighted by atomic mass is 79.9. The quantitative estimate of drug-likeness (QED) is 0.657. The zero-order chi connectivity index (χ0) is 9.84. The van der Waals surface area contributed by atoms with Crippen LogP contribution in [0.1, 0.15) is 15.2 Å². The lowest BCUT2D eigenvalue weighted by atomic mass is 10.2. The number of thiophene rings is 1. The van der Waals surface area contributed by atoms with Crippen LogP contribution in [0.2, 0.25) is 0 Å². The molecule has 0 aliphatic heterocycles. The highest BCUT2D eigenvalue weighted by Gasteiger charge is 2.08. The van der Waals surface area contributed by atoms with Gasteiger partial charge in [0.05, 0.1) is 10.4 Å². The Hall–Kier alpha value is -0.680. The molecule has 0 aliphatic rings. The van der Waals surface area contributed by atoms with E-state index in [4.69, 9.17) is 5.73 Å². The maximum absolute atomic E-state index is 10.7. The summed E-state index contributed by atoms with van der Waals surface area (Å²) in [6.07, 6.45) is 1.42. The summed E-state index contributed by atoms with van der Waals surface area (Å²) in [6, 6.07) is 1.71. The van der Waals surface area contributed by atoms with Crippen molar-refractivity contribution in [3.05, 3.63) is 21.9 Å². The van der Waals surface area contributed by atoms with Gasteiger partial charge in [-0.05, 0) is 6.07 Å². The number of hydrogen-bond acceptors (Lipinski definition) is 3. The molecule has 13 heavy (non-hydrogen) atoms. The van der Waals surface area contributed by atoms with E-state index in [2.05, 4.69) is 15.9 Å². The Kier molecular flexibility index (Phi) is 3.62. The Balaban J connectivity index is 2.69. The standard InChI is InChI=1S/C8H8BrNO2S/c9-6(3-11)2-7-1-5(4-13-7)8(10)12/h1,3-4,6H,2H2,(H2,10,12). The summed E-state index contributed by atoms with van der Waals surface area (Å²) in [5, 5.41) is 1.70. The van der Waals surface area contributed by atoms with Crippen LogP contribution in [-0.2, 0) is 11.2 Å². The summed E-state index contributed by atoms with van der Waals surface area (Å²) < 4.78 is 0. The lowest BCUT2D eigenvalue weighted by Crippen LogP contribution is -2.09. The monoisotopic (exact) mass is 261 g/mol. The molecule has 0 aliphatic carbocycles. The molecule has 1 amide bonds. The van der Waals surface area contributed by atoms with Gasteiger partial charge >= 0.3 is 0 Å². The maximum atomic E-state index is 10.7. The molecule has 2 N–H and O–H groups in total. The predicted molar refractivity (Wildman–Crippen MR) is 55.3 cm³/mol. The van der Waals surface area contributed by atoms with Crippen molar-refractivity contribution in [3.8, 4) is 0 Å². The second-order valence-corrected chi connectivity index (χ2v) is 4.69. The molecule has 70 valence electrons. The molecule has 1 aromatic heterocycles. The van der Waals surface area contributed by atoms with E-state index in [1.807, 2.05) is 0 Å². The second-order valence-electron chi connectivity index (χ2n) is 2.52. The van der Waals surface area contributed by atoms with Crippen molar-refractivity contribution >= 4 is 39.5 Å². The fourth-order valence-electron chi connectivity index (χ4n) is 0.857. The van der Waals surface area contributed by atoms with Crippen LogP contribution in [0.5, 0.6) is 0 Å². The minimum atomic E-state index is -0.431. The second kappa shape index (κ2) is 4.53. The average molecular weight is 262 g/mol. The zero-order valence-corrected chi connectivity index (χ0v) is 9.10. The Morgan fingerprint density at radius 3 is 2.92 bits per heavy atom. The summed E-state index contributed by atoms with van der Waals surface area (Å²) in [4.78, 5) is 21.8. The molecule has 0 fully saturated rings. The summed E-state index contributed by atoms with van der Waals surface area (Å²) in [5.74, 6) is -0.431. The van der Waals surface area contributed by atoms with Gasteiger partial charge in [-0.15, -0.1) is 11.3 Å². The number of hydrogen-bond donors (Lipinski definition) is 1. The average Bonchev–Trinajstić information content (AvgIpc) is 2.52. The number of carbonyl (C=O) groups excluding carboxylic acids is 2. The van der Waals surface area contributed by atoms with E-state index in [-0.39, 0.29) is 4.83 Å². The minimum absolute atomic E-state index is 0.188. The van der Waals surface area contributed by atoms with Crippen LogP contribution in [0.3, 0.4) is 0 Å². The lowest BCUT2D eigenvalue weighted by molar-refractivity contribution is -0.107. The molecule has 1 unspecified atom stereocenters. The molecule has 0 aromatic carbocycles. The van der Waals surface area contributed by atoms with Crippen molar-refractivity contribution in [2.24, 2.45) is 5.73 Å². The highest BCUT2D eigenvalue weighted by molar-refractivity contribution is 9.09. The summed E-state index contributed by atoms with van der Waals surface area (Å²) in [5.41, 5.74) is 5.58. The van der Waals surface area contributed by atoms with E-state index in [9.17, 15) is 9.59 Å². The molecule has 1 heterocycles. The van der Waals surface area contributed by atoms with E-state index < -0.39 is 5.91 Å². The molecule has 0 saturated carbocycles. The van der Waals surface area contributed by atoms with Gasteiger partial charge in [0.1, 0.15) is 6.29 Å². The molecule has 1 atom stereocenters. The van der Waals surface area contributed by atoms with Gasteiger partial charge < -0.3 is 10.5 Å². The molecular weight excluding hydrogens is 254 g/mol. The van der Waals surface area contributed by atoms with Gasteiger partial charge in [0.25, 0.3) is 0 Å². The highest BCUT2D eigenvalue weighted by Crippen LogP contribution is 2.17. The largest absolute Gasteiger partial charge is 0.366 e. The van der Waals surface area contributed by atoms with Crippen LogP contribution < -0.4 is 5.73 Å². The topological polar surface area (TPSA) is 60.2 Å². The number of amides is 1. The molecule has 5 heteroatoms. The minimum Gasteiger partial charge on any atom is -0.366 e. The Morgan fingerprint density at radius 2 is 2.46 bits per heavy atom. The van der Waals surface area contributed by atoms with Crippen LogP contribution in [0.4, 0.5) is 0 Å². The van der Waals surface area contributed by atoms with Gasteiger partial charge in [-0.2, -0.15) is 0 Å². The first-order chi connectivity index (χ1) is 6.13. The third kappa shape index (κ3) is 2.93. The van der Waals surface area contributed by atoms with Crippen molar-refractivity contribution in [2.75, 3.05) is 0 Å². The molecule has 0 bridgehead atoms. The van der Waals surface area contributed by atoms with E-state index in [0.29, 0.717) is 12.0 Å². The van der Waals surface area contributed by atoms with Crippen LogP contribution in [0, 0.1) is 0 Å². The van der Waals surface area contributed by atoms with E-state index in [1.54, 1.807) is 11.4 Å². The van der Waals surface area contributed by atoms with Gasteiger partial charge in [-0.3, -0.25) is 4.79 Å². The Labute approximate surface area is 88.1 Å². The van der Waals surface area contributed by atoms with Crippen LogP contribution in [0.15, 0.2) is 11.4 Å². The number of halogens is 1. The first-order valence-electron chi connectivity index (χ1n) is 3.60. The van der Waals surface area contributed by atoms with Crippen molar-refractivity contribution in [2.45, 2.75) is 11.2 Å². The van der Waals surface area contributed by atoms with Gasteiger partial charge in [-0.1, -0.05) is 15.9 Å². The fraction of sp³-hybridized carbons (Fsp3) is 0.250. The van der Waals surface area contributed by atoms with E-state index in [0.717, 1.165) is 11.2 Å². The normalized spacial score (nSPS) is 12.4. The van der Waals surface area contributed by atoms with Crippen molar-refractivity contribution in [3.63, 3.8) is 0 Å². The Morgan fingerprint density at radius 1 is 1.77 bits per heavy atom. The molecular formula is C8H8BrNO2S. The number of rotatable bonds is 4. The molecule has 1 aromatic rings. The first-order valence-corrected chi connectivity index (χ1v) is 5.39. The van der Waals surface area contributed by atoms with Crippen LogP contribution in [0.25, 0.3) is 0 Å². The lowest BCUT2D eigenvalue weighted by Gasteiger charge is -1.96. The van der Waals surface area contributed by atoms with Gasteiger partial charge in [-0.25, -0.2) is 0 Å². The summed E-state index contributed by atoms with van der Waals surface area (Å²) in [6.45, 7) is 0. The molecule has 0 spiro atoms. The molecule has 0 radical (unpaired) electrons. The third-order valence-electron chi connectivity index (χ3n) is 1.48. The SMILES string of the molecule is NC(=O)c1csc(CC(Br)C=O)c1. The number of alkyl halides is 1. The van der Waals surface area contributed by atoms with Crippen molar-refractivity contribution < 1.29 is 9.59 Å². The molecule has 0 saturated heterocycles. The van der Waals surface area contributed by atoms with Crippen molar-refractivity contribution in [1.29, 1.82) is 0 Å². The predicted octanol–water partition coefficient (Wildman–Crippen LogP) is 1.35. The van der Waals surface area contributed by atoms with E-state index in [1.165, 1.54) is 11.3 Å². The van der Waals surface area contributed by atoms with E-state index >= 15 is 0 Å². The van der Waals surface area contributed by atoms with Crippen LogP contribution in [-0.4, -0.2) is 17.0 Å². The first kappa shape index (κ1) is 10.4. The number of aldehydes is 1. The Bertz CT molecular complexity index is 324. The van der Waals surface area contributed by atoms with Crippen molar-refractivity contribution in [1.82, 2.24) is 0 Å². The summed E-state index contributed by atoms with van der Waals surface area (Å²) >= 11 is 4.61. The fourth-order valence-corrected chi connectivity index (χ4v) is 2.35. The summed E-state index contributed by atoms with van der Waals surface area (Å²) in [7, 11) is 0. The number of nitrogens with two attached hydrogens (primary N) is 1. The van der Waals surface area contributed by atoms with Gasteiger partial charge in [0.15, 0.2) is 0 Å². The van der Waals surface area contributed by atoms with Gasteiger partial charge in [0.2, 0.25) is 5.91 Å². The molecule has 3 nitrogen and oxygen atoms in total. The number of primary amides is 1.